The summed E-state index contributed by atoms with van der Waals surface area (Å²) in [6, 6.07) is 8.07. The van der Waals surface area contributed by atoms with E-state index >= 15 is 0 Å². The summed E-state index contributed by atoms with van der Waals surface area (Å²) in [5, 5.41) is 8.17. The summed E-state index contributed by atoms with van der Waals surface area (Å²) < 4.78 is 5.19. The molecule has 0 fully saturated rings. The summed E-state index contributed by atoms with van der Waals surface area (Å²) >= 11 is 0. The van der Waals surface area contributed by atoms with Gasteiger partial charge in [-0.15, -0.1) is 0 Å². The Balaban J connectivity index is 2.28. The summed E-state index contributed by atoms with van der Waals surface area (Å²) in [5.74, 6) is 0.621. The van der Waals surface area contributed by atoms with Gasteiger partial charge in [-0.3, -0.25) is 5.10 Å². The predicted molar refractivity (Wildman–Crippen MR) is 70.6 cm³/mol. The van der Waals surface area contributed by atoms with Gasteiger partial charge in [0, 0.05) is 17.6 Å². The van der Waals surface area contributed by atoms with Crippen molar-refractivity contribution in [3.63, 3.8) is 0 Å². The van der Waals surface area contributed by atoms with Crippen molar-refractivity contribution in [1.29, 1.82) is 0 Å². The van der Waals surface area contributed by atoms with Gasteiger partial charge in [-0.25, -0.2) is 4.98 Å². The Kier molecular flexibility index (Phi) is 2.48. The third-order valence-electron chi connectivity index (χ3n) is 3.06. The largest absolute Gasteiger partial charge is 0.481 e. The number of nitrogens with one attached hydrogen (secondary N) is 1. The second-order valence-electron chi connectivity index (χ2n) is 4.18. The van der Waals surface area contributed by atoms with E-state index in [1.807, 2.05) is 37.5 Å². The number of benzene rings is 1. The highest BCUT2D eigenvalue weighted by Crippen LogP contribution is 2.31. The van der Waals surface area contributed by atoms with E-state index in [1.165, 1.54) is 0 Å². The first-order valence-corrected chi connectivity index (χ1v) is 5.72. The molecule has 4 heteroatoms. The number of hydrogen-bond donors (Lipinski definition) is 1. The molecule has 2 aromatic heterocycles. The van der Waals surface area contributed by atoms with E-state index < -0.39 is 0 Å². The number of pyridine rings is 1. The van der Waals surface area contributed by atoms with Crippen molar-refractivity contribution in [2.45, 2.75) is 6.92 Å². The van der Waals surface area contributed by atoms with Crippen molar-refractivity contribution >= 4 is 10.9 Å². The van der Waals surface area contributed by atoms with Gasteiger partial charge in [-0.1, -0.05) is 12.1 Å². The van der Waals surface area contributed by atoms with Crippen LogP contribution in [0.1, 0.15) is 5.56 Å². The first-order chi connectivity index (χ1) is 8.79. The monoisotopic (exact) mass is 239 g/mol. The van der Waals surface area contributed by atoms with E-state index in [4.69, 9.17) is 4.74 Å². The van der Waals surface area contributed by atoms with Crippen molar-refractivity contribution < 1.29 is 4.74 Å². The van der Waals surface area contributed by atoms with Crippen LogP contribution in [0, 0.1) is 6.92 Å². The van der Waals surface area contributed by atoms with E-state index in [-0.39, 0.29) is 0 Å². The van der Waals surface area contributed by atoms with Crippen molar-refractivity contribution in [3.8, 4) is 17.0 Å². The van der Waals surface area contributed by atoms with Crippen LogP contribution in [0.4, 0.5) is 0 Å². The molecule has 3 rings (SSSR count). The summed E-state index contributed by atoms with van der Waals surface area (Å²) in [5.41, 5.74) is 4.40. The van der Waals surface area contributed by atoms with Crippen LogP contribution in [0.15, 0.2) is 36.7 Å². The van der Waals surface area contributed by atoms with Crippen molar-refractivity contribution in [2.75, 3.05) is 7.11 Å². The highest BCUT2D eigenvalue weighted by molar-refractivity contribution is 5.95. The molecule has 2 heterocycles. The molecule has 0 spiro atoms. The van der Waals surface area contributed by atoms with E-state index in [0.717, 1.165) is 27.6 Å². The number of aromatic amines is 1. The summed E-state index contributed by atoms with van der Waals surface area (Å²) in [6.07, 6.45) is 3.67. The third-order valence-corrected chi connectivity index (χ3v) is 3.06. The maximum absolute atomic E-state index is 5.19. The summed E-state index contributed by atoms with van der Waals surface area (Å²) in [7, 11) is 1.62. The molecule has 0 saturated carbocycles. The Labute approximate surface area is 105 Å². The number of aromatic nitrogens is 3. The summed E-state index contributed by atoms with van der Waals surface area (Å²) in [4.78, 5) is 4.20. The SMILES string of the molecule is COc1cc(-c2cccc3[nH]ncc23)c(C)cn1. The van der Waals surface area contributed by atoms with E-state index in [2.05, 4.69) is 21.2 Å². The second-order valence-corrected chi connectivity index (χ2v) is 4.18. The van der Waals surface area contributed by atoms with Crippen molar-refractivity contribution in [3.05, 3.63) is 42.2 Å². The fraction of sp³-hybridized carbons (Fsp3) is 0.143. The van der Waals surface area contributed by atoms with Gasteiger partial charge in [0.25, 0.3) is 0 Å². The molecule has 0 radical (unpaired) electrons. The lowest BCUT2D eigenvalue weighted by Crippen LogP contribution is -1.91. The number of ether oxygens (including phenoxy) is 1. The molecule has 1 aromatic carbocycles. The van der Waals surface area contributed by atoms with Gasteiger partial charge in [0.05, 0.1) is 18.8 Å². The zero-order chi connectivity index (χ0) is 12.5. The van der Waals surface area contributed by atoms with Gasteiger partial charge in [-0.05, 0) is 29.7 Å². The average Bonchev–Trinajstić information content (AvgIpc) is 2.87. The molecule has 4 nitrogen and oxygen atoms in total. The number of hydrogen-bond acceptors (Lipinski definition) is 3. The van der Waals surface area contributed by atoms with E-state index in [0.29, 0.717) is 5.88 Å². The highest BCUT2D eigenvalue weighted by atomic mass is 16.5. The molecule has 18 heavy (non-hydrogen) atoms. The number of H-pyrrole nitrogens is 1. The Morgan fingerprint density at radius 1 is 1.17 bits per heavy atom. The Morgan fingerprint density at radius 3 is 2.89 bits per heavy atom. The lowest BCUT2D eigenvalue weighted by molar-refractivity contribution is 0.398. The average molecular weight is 239 g/mol. The first-order valence-electron chi connectivity index (χ1n) is 5.72. The van der Waals surface area contributed by atoms with Crippen LogP contribution in [-0.2, 0) is 0 Å². The summed E-state index contributed by atoms with van der Waals surface area (Å²) in [6.45, 7) is 2.04. The van der Waals surface area contributed by atoms with Gasteiger partial charge in [0.15, 0.2) is 0 Å². The lowest BCUT2D eigenvalue weighted by Gasteiger charge is -2.08. The predicted octanol–water partition coefficient (Wildman–Crippen LogP) is 2.94. The number of nitrogens with zero attached hydrogens (tertiary/aromatic N) is 2. The van der Waals surface area contributed by atoms with Gasteiger partial charge < -0.3 is 4.74 Å². The molecule has 90 valence electrons. The quantitative estimate of drug-likeness (QED) is 0.748. The van der Waals surface area contributed by atoms with Gasteiger partial charge in [0.1, 0.15) is 0 Å². The van der Waals surface area contributed by atoms with Crippen LogP contribution >= 0.6 is 0 Å². The topological polar surface area (TPSA) is 50.8 Å². The molecule has 0 unspecified atom stereocenters. The Bertz CT molecular complexity index is 703. The highest BCUT2D eigenvalue weighted by Gasteiger charge is 2.09. The van der Waals surface area contributed by atoms with Gasteiger partial charge in [-0.2, -0.15) is 5.10 Å². The zero-order valence-corrected chi connectivity index (χ0v) is 10.3. The Hall–Kier alpha value is -2.36. The zero-order valence-electron chi connectivity index (χ0n) is 10.3. The molecule has 0 aliphatic rings. The molecular weight excluding hydrogens is 226 g/mol. The van der Waals surface area contributed by atoms with Crippen LogP contribution in [0.25, 0.3) is 22.0 Å². The smallest absolute Gasteiger partial charge is 0.213 e. The molecule has 0 amide bonds. The fourth-order valence-corrected chi connectivity index (χ4v) is 2.11. The van der Waals surface area contributed by atoms with Crippen molar-refractivity contribution in [2.24, 2.45) is 0 Å². The minimum Gasteiger partial charge on any atom is -0.481 e. The maximum atomic E-state index is 5.19. The molecule has 0 aliphatic heterocycles. The van der Waals surface area contributed by atoms with Crippen LogP contribution in [-0.4, -0.2) is 22.3 Å². The second kappa shape index (κ2) is 4.14. The van der Waals surface area contributed by atoms with Crippen LogP contribution in [0.5, 0.6) is 5.88 Å². The van der Waals surface area contributed by atoms with Gasteiger partial charge in [0.2, 0.25) is 5.88 Å². The molecule has 0 atom stereocenters. The third kappa shape index (κ3) is 1.62. The van der Waals surface area contributed by atoms with Gasteiger partial charge >= 0.3 is 0 Å². The van der Waals surface area contributed by atoms with E-state index in [9.17, 15) is 0 Å². The normalized spacial score (nSPS) is 10.8. The molecule has 3 aromatic rings. The first kappa shape index (κ1) is 10.8. The molecule has 0 aliphatic carbocycles. The number of aryl methyl sites for hydroxylation is 1. The number of fused-ring (bicyclic) bond motifs is 1. The van der Waals surface area contributed by atoms with Crippen LogP contribution in [0.2, 0.25) is 0 Å². The maximum Gasteiger partial charge on any atom is 0.213 e. The van der Waals surface area contributed by atoms with Crippen molar-refractivity contribution in [1.82, 2.24) is 15.2 Å². The standard InChI is InChI=1S/C14H13N3O/c1-9-7-15-14(18-2)6-11(9)10-4-3-5-13-12(10)8-16-17-13/h3-8H,1-2H3,(H,16,17). The minimum atomic E-state index is 0.621. The lowest BCUT2D eigenvalue weighted by atomic mass is 9.99. The number of methoxy groups -OCH3 is 1. The van der Waals surface area contributed by atoms with Crippen LogP contribution in [0.3, 0.4) is 0 Å². The Morgan fingerprint density at radius 2 is 2.06 bits per heavy atom. The number of rotatable bonds is 2. The minimum absolute atomic E-state index is 0.621. The van der Waals surface area contributed by atoms with Crippen LogP contribution < -0.4 is 4.74 Å². The van der Waals surface area contributed by atoms with E-state index in [1.54, 1.807) is 7.11 Å². The molecular formula is C14H13N3O. The molecule has 0 bridgehead atoms. The fourth-order valence-electron chi connectivity index (χ4n) is 2.11. The molecule has 0 saturated heterocycles. The molecule has 1 N–H and O–H groups in total.